The summed E-state index contributed by atoms with van der Waals surface area (Å²) >= 11 is 0. The summed E-state index contributed by atoms with van der Waals surface area (Å²) in [4.78, 5) is 12.5. The highest BCUT2D eigenvalue weighted by atomic mass is 16.5. The minimum atomic E-state index is 0.0787. The van der Waals surface area contributed by atoms with E-state index in [1.54, 1.807) is 0 Å². The van der Waals surface area contributed by atoms with E-state index in [0.29, 0.717) is 19.1 Å². The molecule has 0 N–H and O–H groups in total. The van der Waals surface area contributed by atoms with Gasteiger partial charge in [0.15, 0.2) is 5.78 Å². The fraction of sp³-hybridized carbons (Fsp3) is 0.278. The van der Waals surface area contributed by atoms with Gasteiger partial charge in [-0.3, -0.25) is 4.79 Å². The van der Waals surface area contributed by atoms with E-state index in [-0.39, 0.29) is 5.78 Å². The van der Waals surface area contributed by atoms with Crippen molar-refractivity contribution >= 4 is 5.78 Å². The zero-order chi connectivity index (χ0) is 14.1. The average molecular weight is 266 g/mol. The van der Waals surface area contributed by atoms with Crippen LogP contribution in [0, 0.1) is 0 Å². The van der Waals surface area contributed by atoms with Gasteiger partial charge in [-0.15, -0.1) is 0 Å². The van der Waals surface area contributed by atoms with E-state index in [4.69, 9.17) is 4.74 Å². The van der Waals surface area contributed by atoms with Crippen LogP contribution in [0.2, 0.25) is 0 Å². The lowest BCUT2D eigenvalue weighted by Crippen LogP contribution is -2.02. The molecule has 2 heteroatoms. The van der Waals surface area contributed by atoms with Crippen LogP contribution >= 0.6 is 0 Å². The van der Waals surface area contributed by atoms with E-state index in [1.165, 1.54) is 11.1 Å². The molecule has 3 rings (SSSR count). The zero-order valence-electron chi connectivity index (χ0n) is 11.8. The second-order valence-electron chi connectivity index (χ2n) is 5.58. The number of ether oxygens (including phenoxy) is 1. The van der Waals surface area contributed by atoms with Crippen molar-refractivity contribution in [3.63, 3.8) is 0 Å². The average Bonchev–Trinajstić information content (AvgIpc) is 2.94. The van der Waals surface area contributed by atoms with E-state index >= 15 is 0 Å². The Bertz CT molecular complexity index is 639. The minimum absolute atomic E-state index is 0.0787. The predicted octanol–water partition coefficient (Wildman–Crippen LogP) is 4.07. The third-order valence-electron chi connectivity index (χ3n) is 3.82. The van der Waals surface area contributed by atoms with Gasteiger partial charge in [0.05, 0.1) is 13.2 Å². The third-order valence-corrected chi connectivity index (χ3v) is 3.82. The lowest BCUT2D eigenvalue weighted by molar-refractivity contribution is 0.103. The summed E-state index contributed by atoms with van der Waals surface area (Å²) in [6.45, 7) is 5.57. The molecule has 0 bridgehead atoms. The van der Waals surface area contributed by atoms with Crippen LogP contribution in [-0.2, 0) is 18.0 Å². The van der Waals surface area contributed by atoms with Gasteiger partial charge < -0.3 is 4.74 Å². The van der Waals surface area contributed by atoms with Gasteiger partial charge in [0, 0.05) is 11.1 Å². The van der Waals surface area contributed by atoms with E-state index in [2.05, 4.69) is 13.8 Å². The molecule has 0 unspecified atom stereocenters. The number of hydrogen-bond donors (Lipinski definition) is 0. The summed E-state index contributed by atoms with van der Waals surface area (Å²) in [5.41, 5.74) is 5.06. The van der Waals surface area contributed by atoms with Gasteiger partial charge in [0.1, 0.15) is 0 Å². The first-order valence-electron chi connectivity index (χ1n) is 6.99. The van der Waals surface area contributed by atoms with Crippen LogP contribution in [-0.4, -0.2) is 5.78 Å². The molecule has 0 saturated carbocycles. The van der Waals surface area contributed by atoms with Crippen molar-refractivity contribution in [1.29, 1.82) is 0 Å². The molecule has 1 heterocycles. The first-order valence-corrected chi connectivity index (χ1v) is 6.99. The topological polar surface area (TPSA) is 26.3 Å². The largest absolute Gasteiger partial charge is 0.372 e. The van der Waals surface area contributed by atoms with Gasteiger partial charge in [-0.05, 0) is 28.7 Å². The normalized spacial score (nSPS) is 13.6. The van der Waals surface area contributed by atoms with Crippen molar-refractivity contribution in [2.75, 3.05) is 0 Å². The summed E-state index contributed by atoms with van der Waals surface area (Å²) in [6, 6.07) is 13.8. The molecular weight excluding hydrogens is 248 g/mol. The summed E-state index contributed by atoms with van der Waals surface area (Å²) in [5, 5.41) is 0. The van der Waals surface area contributed by atoms with Crippen molar-refractivity contribution < 1.29 is 9.53 Å². The van der Waals surface area contributed by atoms with Crippen LogP contribution in [0.15, 0.2) is 42.5 Å². The van der Waals surface area contributed by atoms with Crippen LogP contribution in [0.4, 0.5) is 0 Å². The molecule has 1 aliphatic heterocycles. The Morgan fingerprint density at radius 2 is 1.60 bits per heavy atom. The SMILES string of the molecule is CC(C)c1ccc(C(=O)c2ccc3c(c2)COC3)cc1. The maximum Gasteiger partial charge on any atom is 0.193 e. The smallest absolute Gasteiger partial charge is 0.193 e. The molecule has 0 radical (unpaired) electrons. The van der Waals surface area contributed by atoms with Crippen molar-refractivity contribution in [2.24, 2.45) is 0 Å². The third kappa shape index (κ3) is 2.39. The van der Waals surface area contributed by atoms with Crippen LogP contribution in [0.5, 0.6) is 0 Å². The van der Waals surface area contributed by atoms with Gasteiger partial charge in [-0.1, -0.05) is 50.2 Å². The monoisotopic (exact) mass is 266 g/mol. The fourth-order valence-electron chi connectivity index (χ4n) is 2.50. The quantitative estimate of drug-likeness (QED) is 0.783. The lowest BCUT2D eigenvalue weighted by Gasteiger charge is -2.07. The summed E-state index contributed by atoms with van der Waals surface area (Å²) in [5.74, 6) is 0.561. The van der Waals surface area contributed by atoms with Gasteiger partial charge in [-0.2, -0.15) is 0 Å². The molecule has 2 nitrogen and oxygen atoms in total. The number of rotatable bonds is 3. The number of ketones is 1. The first kappa shape index (κ1) is 13.1. The molecule has 2 aromatic rings. The molecule has 0 amide bonds. The molecule has 0 saturated heterocycles. The Kier molecular flexibility index (Phi) is 3.41. The molecule has 0 aliphatic carbocycles. The molecule has 1 aliphatic rings. The minimum Gasteiger partial charge on any atom is -0.372 e. The number of carbonyl (C=O) groups excluding carboxylic acids is 1. The van der Waals surface area contributed by atoms with Crippen molar-refractivity contribution in [3.05, 3.63) is 70.3 Å². The lowest BCUT2D eigenvalue weighted by atomic mass is 9.96. The van der Waals surface area contributed by atoms with Gasteiger partial charge in [0.25, 0.3) is 0 Å². The molecule has 2 aromatic carbocycles. The molecular formula is C18H18O2. The molecule has 0 atom stereocenters. The summed E-state index contributed by atoms with van der Waals surface area (Å²) < 4.78 is 5.39. The van der Waals surface area contributed by atoms with E-state index in [1.807, 2.05) is 42.5 Å². The summed E-state index contributed by atoms with van der Waals surface area (Å²) in [7, 11) is 0. The van der Waals surface area contributed by atoms with Gasteiger partial charge in [-0.25, -0.2) is 0 Å². The predicted molar refractivity (Wildman–Crippen MR) is 78.9 cm³/mol. The van der Waals surface area contributed by atoms with Crippen LogP contribution in [0.25, 0.3) is 0 Å². The molecule has 102 valence electrons. The zero-order valence-corrected chi connectivity index (χ0v) is 11.8. The first-order chi connectivity index (χ1) is 9.65. The number of fused-ring (bicyclic) bond motifs is 1. The van der Waals surface area contributed by atoms with Crippen molar-refractivity contribution in [3.8, 4) is 0 Å². The maximum atomic E-state index is 12.5. The van der Waals surface area contributed by atoms with E-state index in [0.717, 1.165) is 16.7 Å². The van der Waals surface area contributed by atoms with Crippen LogP contribution < -0.4 is 0 Å². The van der Waals surface area contributed by atoms with Crippen LogP contribution in [0.1, 0.15) is 52.4 Å². The van der Waals surface area contributed by atoms with E-state index < -0.39 is 0 Å². The van der Waals surface area contributed by atoms with Crippen molar-refractivity contribution in [1.82, 2.24) is 0 Å². The Morgan fingerprint density at radius 1 is 0.950 bits per heavy atom. The Hall–Kier alpha value is -1.93. The van der Waals surface area contributed by atoms with Crippen LogP contribution in [0.3, 0.4) is 0 Å². The number of hydrogen-bond acceptors (Lipinski definition) is 2. The second kappa shape index (κ2) is 5.22. The number of carbonyl (C=O) groups is 1. The van der Waals surface area contributed by atoms with Crippen molar-refractivity contribution in [2.45, 2.75) is 33.0 Å². The molecule has 20 heavy (non-hydrogen) atoms. The van der Waals surface area contributed by atoms with E-state index in [9.17, 15) is 4.79 Å². The summed E-state index contributed by atoms with van der Waals surface area (Å²) in [6.07, 6.45) is 0. The van der Waals surface area contributed by atoms with Gasteiger partial charge >= 0.3 is 0 Å². The molecule has 0 aromatic heterocycles. The number of benzene rings is 2. The standard InChI is InChI=1S/C18H18O2/c1-12(2)13-3-5-14(6-4-13)18(19)15-7-8-16-10-20-11-17(16)9-15/h3-9,12H,10-11H2,1-2H3. The second-order valence-corrected chi connectivity index (χ2v) is 5.58. The highest BCUT2D eigenvalue weighted by Crippen LogP contribution is 2.23. The fourth-order valence-corrected chi connectivity index (χ4v) is 2.50. The molecule has 0 spiro atoms. The Balaban J connectivity index is 1.88. The Labute approximate surface area is 119 Å². The van der Waals surface area contributed by atoms with Gasteiger partial charge in [0.2, 0.25) is 0 Å². The maximum absolute atomic E-state index is 12.5. The highest BCUT2D eigenvalue weighted by molar-refractivity contribution is 6.09. The molecule has 0 fully saturated rings. The Morgan fingerprint density at radius 3 is 2.30 bits per heavy atom. The highest BCUT2D eigenvalue weighted by Gasteiger charge is 2.15.